The third-order valence-corrected chi connectivity index (χ3v) is 3.70. The van der Waals surface area contributed by atoms with Crippen LogP contribution in [-0.4, -0.2) is 16.2 Å². The second-order valence-corrected chi connectivity index (χ2v) is 5.09. The van der Waals surface area contributed by atoms with Gasteiger partial charge in [0.2, 0.25) is 0 Å². The molecule has 1 aliphatic rings. The summed E-state index contributed by atoms with van der Waals surface area (Å²) in [5.41, 5.74) is 1.17. The average molecular weight is 220 g/mol. The number of rotatable bonds is 3. The molecular weight excluding hydrogens is 204 g/mol. The highest BCUT2D eigenvalue weighted by molar-refractivity contribution is 5.68. The molecule has 2 atom stereocenters. The zero-order chi connectivity index (χ0) is 11.9. The van der Waals surface area contributed by atoms with Gasteiger partial charge in [-0.05, 0) is 34.9 Å². The third kappa shape index (κ3) is 1.77. The zero-order valence-corrected chi connectivity index (χ0v) is 9.47. The van der Waals surface area contributed by atoms with Gasteiger partial charge in [0.05, 0.1) is 0 Å². The lowest BCUT2D eigenvalue weighted by molar-refractivity contribution is -0.137. The number of carbonyl (C=O) groups is 1. The first-order valence-electron chi connectivity index (χ1n) is 5.43. The van der Waals surface area contributed by atoms with E-state index in [1.807, 2.05) is 12.1 Å². The van der Waals surface area contributed by atoms with Crippen LogP contribution in [0, 0.1) is 11.3 Å². The van der Waals surface area contributed by atoms with Crippen molar-refractivity contribution in [1.29, 1.82) is 0 Å². The molecule has 0 amide bonds. The van der Waals surface area contributed by atoms with Gasteiger partial charge < -0.3 is 10.2 Å². The Hall–Kier alpha value is -1.51. The number of hydrogen-bond acceptors (Lipinski definition) is 2. The fourth-order valence-electron chi connectivity index (χ4n) is 2.66. The Morgan fingerprint density at radius 3 is 2.38 bits per heavy atom. The van der Waals surface area contributed by atoms with Gasteiger partial charge in [0.25, 0.3) is 0 Å². The number of phenolic OH excluding ortho intramolecular Hbond substituents is 1. The van der Waals surface area contributed by atoms with Crippen LogP contribution in [0.3, 0.4) is 0 Å². The monoisotopic (exact) mass is 220 g/mol. The fourth-order valence-corrected chi connectivity index (χ4v) is 2.66. The molecule has 86 valence electrons. The van der Waals surface area contributed by atoms with E-state index in [2.05, 4.69) is 13.8 Å². The molecule has 1 aliphatic carbocycles. The highest BCUT2D eigenvalue weighted by Gasteiger charge is 2.58. The summed E-state index contributed by atoms with van der Waals surface area (Å²) in [6.45, 7) is 4.19. The lowest BCUT2D eigenvalue weighted by Crippen LogP contribution is -1.99. The molecule has 2 unspecified atom stereocenters. The first kappa shape index (κ1) is 11.0. The lowest BCUT2D eigenvalue weighted by atomic mass is 10.0. The van der Waals surface area contributed by atoms with Crippen LogP contribution in [0.5, 0.6) is 5.75 Å². The van der Waals surface area contributed by atoms with Crippen LogP contribution >= 0.6 is 0 Å². The van der Waals surface area contributed by atoms with Crippen LogP contribution in [0.2, 0.25) is 0 Å². The Morgan fingerprint density at radius 2 is 1.88 bits per heavy atom. The fraction of sp³-hybridized carbons (Fsp3) is 0.462. The molecule has 1 saturated carbocycles. The number of carboxylic acid groups (broad SMARTS) is 1. The van der Waals surface area contributed by atoms with Crippen molar-refractivity contribution in [3.63, 3.8) is 0 Å². The summed E-state index contributed by atoms with van der Waals surface area (Å²) in [6.07, 6.45) is 0.221. The second-order valence-electron chi connectivity index (χ2n) is 5.09. The van der Waals surface area contributed by atoms with Crippen LogP contribution in [0.4, 0.5) is 0 Å². The van der Waals surface area contributed by atoms with Crippen molar-refractivity contribution in [1.82, 2.24) is 0 Å². The summed E-state index contributed by atoms with van der Waals surface area (Å²) in [7, 11) is 0. The van der Waals surface area contributed by atoms with Gasteiger partial charge >= 0.3 is 5.97 Å². The van der Waals surface area contributed by atoms with E-state index in [0.717, 1.165) is 5.56 Å². The molecule has 2 rings (SSSR count). The topological polar surface area (TPSA) is 57.5 Å². The van der Waals surface area contributed by atoms with E-state index in [-0.39, 0.29) is 23.5 Å². The van der Waals surface area contributed by atoms with Gasteiger partial charge in [0, 0.05) is 6.42 Å². The number of benzene rings is 1. The first-order valence-corrected chi connectivity index (χ1v) is 5.43. The maximum Gasteiger partial charge on any atom is 0.303 e. The number of aromatic hydroxyl groups is 1. The van der Waals surface area contributed by atoms with Crippen LogP contribution in [0.1, 0.15) is 31.7 Å². The molecule has 1 aromatic carbocycles. The van der Waals surface area contributed by atoms with Crippen molar-refractivity contribution < 1.29 is 15.0 Å². The highest BCUT2D eigenvalue weighted by atomic mass is 16.4. The summed E-state index contributed by atoms with van der Waals surface area (Å²) in [4.78, 5) is 10.7. The molecule has 0 bridgehead atoms. The van der Waals surface area contributed by atoms with E-state index < -0.39 is 5.97 Å². The van der Waals surface area contributed by atoms with E-state index in [0.29, 0.717) is 5.92 Å². The molecule has 0 spiro atoms. The van der Waals surface area contributed by atoms with E-state index in [1.165, 1.54) is 0 Å². The smallest absolute Gasteiger partial charge is 0.303 e. The maximum absolute atomic E-state index is 10.7. The summed E-state index contributed by atoms with van der Waals surface area (Å²) in [5.74, 6) is 0.00934. The molecule has 3 nitrogen and oxygen atoms in total. The average Bonchev–Trinajstić information content (AvgIpc) is 2.69. The van der Waals surface area contributed by atoms with Crippen molar-refractivity contribution >= 4 is 5.97 Å². The second kappa shape index (κ2) is 3.51. The lowest BCUT2D eigenvalue weighted by Gasteiger charge is -2.02. The predicted octanol–water partition coefficient (Wildman–Crippen LogP) is 2.61. The molecule has 1 aromatic rings. The number of hydrogen-bond donors (Lipinski definition) is 2. The van der Waals surface area contributed by atoms with Gasteiger partial charge in [-0.3, -0.25) is 4.79 Å². The van der Waals surface area contributed by atoms with E-state index in [4.69, 9.17) is 5.11 Å². The minimum atomic E-state index is -0.737. The summed E-state index contributed by atoms with van der Waals surface area (Å²) >= 11 is 0. The van der Waals surface area contributed by atoms with Gasteiger partial charge in [0.15, 0.2) is 0 Å². The van der Waals surface area contributed by atoms with Crippen LogP contribution < -0.4 is 0 Å². The Morgan fingerprint density at radius 1 is 1.31 bits per heavy atom. The molecule has 0 saturated heterocycles. The van der Waals surface area contributed by atoms with Crippen LogP contribution in [0.15, 0.2) is 24.3 Å². The van der Waals surface area contributed by atoms with Crippen molar-refractivity contribution in [3.05, 3.63) is 29.8 Å². The SMILES string of the molecule is CC1(C)C(CC(=O)O)C1c1ccc(O)cc1. The van der Waals surface area contributed by atoms with Gasteiger partial charge in [0.1, 0.15) is 5.75 Å². The van der Waals surface area contributed by atoms with Crippen molar-refractivity contribution in [2.45, 2.75) is 26.2 Å². The molecule has 0 aromatic heterocycles. The van der Waals surface area contributed by atoms with Crippen molar-refractivity contribution in [2.24, 2.45) is 11.3 Å². The van der Waals surface area contributed by atoms with E-state index >= 15 is 0 Å². The minimum absolute atomic E-state index is 0.0510. The molecule has 16 heavy (non-hydrogen) atoms. The third-order valence-electron chi connectivity index (χ3n) is 3.70. The van der Waals surface area contributed by atoms with E-state index in [9.17, 15) is 9.90 Å². The predicted molar refractivity (Wildman–Crippen MR) is 60.4 cm³/mol. The first-order chi connectivity index (χ1) is 7.43. The Kier molecular flexibility index (Phi) is 2.41. The molecular formula is C13H16O3. The minimum Gasteiger partial charge on any atom is -0.508 e. The van der Waals surface area contributed by atoms with E-state index in [1.54, 1.807) is 12.1 Å². The molecule has 3 heteroatoms. The Balaban J connectivity index is 2.17. The summed E-state index contributed by atoms with van der Waals surface area (Å²) in [6, 6.07) is 7.07. The molecule has 0 heterocycles. The maximum atomic E-state index is 10.7. The largest absolute Gasteiger partial charge is 0.508 e. The highest BCUT2D eigenvalue weighted by Crippen LogP contribution is 2.65. The number of aliphatic carboxylic acids is 1. The van der Waals surface area contributed by atoms with Crippen LogP contribution in [-0.2, 0) is 4.79 Å². The Labute approximate surface area is 94.7 Å². The normalized spacial score (nSPS) is 26.4. The van der Waals surface area contributed by atoms with Gasteiger partial charge in [-0.2, -0.15) is 0 Å². The summed E-state index contributed by atoms with van der Waals surface area (Å²) < 4.78 is 0. The number of carboxylic acids is 1. The zero-order valence-electron chi connectivity index (χ0n) is 9.47. The number of phenols is 1. The van der Waals surface area contributed by atoms with Gasteiger partial charge in [-0.25, -0.2) is 0 Å². The molecule has 1 fully saturated rings. The Bertz CT molecular complexity index is 406. The molecule has 2 N–H and O–H groups in total. The van der Waals surface area contributed by atoms with Gasteiger partial charge in [-0.1, -0.05) is 26.0 Å². The molecule has 0 aliphatic heterocycles. The van der Waals surface area contributed by atoms with Gasteiger partial charge in [-0.15, -0.1) is 0 Å². The van der Waals surface area contributed by atoms with Crippen molar-refractivity contribution in [2.75, 3.05) is 0 Å². The van der Waals surface area contributed by atoms with Crippen molar-refractivity contribution in [3.8, 4) is 5.75 Å². The quantitative estimate of drug-likeness (QED) is 0.823. The standard InChI is InChI=1S/C13H16O3/c1-13(2)10(7-11(15)16)12(13)8-3-5-9(14)6-4-8/h3-6,10,12,14H,7H2,1-2H3,(H,15,16). The molecule has 0 radical (unpaired) electrons. The van der Waals surface area contributed by atoms with Crippen LogP contribution in [0.25, 0.3) is 0 Å². The summed E-state index contributed by atoms with van der Waals surface area (Å²) in [5, 5.41) is 18.0.